The Morgan fingerprint density at radius 1 is 1.12 bits per heavy atom. The first-order valence-corrected chi connectivity index (χ1v) is 5.70. The number of rotatable bonds is 7. The third kappa shape index (κ3) is 4.49. The molecule has 0 atom stereocenters. The fourth-order valence-electron chi connectivity index (χ4n) is 1.30. The van der Waals surface area contributed by atoms with E-state index >= 15 is 0 Å². The molecule has 0 saturated carbocycles. The van der Waals surface area contributed by atoms with Crippen LogP contribution in [0.5, 0.6) is 5.75 Å². The van der Waals surface area contributed by atoms with Crippen molar-refractivity contribution in [1.29, 1.82) is 0 Å². The third-order valence-electron chi connectivity index (χ3n) is 2.19. The molecule has 0 spiro atoms. The molecular formula is C14H20O2. The highest BCUT2D eigenvalue weighted by Gasteiger charge is 1.95. The monoisotopic (exact) mass is 220 g/mol. The second kappa shape index (κ2) is 7.07. The van der Waals surface area contributed by atoms with Gasteiger partial charge in [-0.1, -0.05) is 31.2 Å². The molecule has 0 unspecified atom stereocenters. The summed E-state index contributed by atoms with van der Waals surface area (Å²) in [6.07, 6.45) is 1.05. The quantitative estimate of drug-likeness (QED) is 0.654. The van der Waals surface area contributed by atoms with Crippen LogP contribution in [0.25, 0.3) is 5.57 Å². The van der Waals surface area contributed by atoms with E-state index in [0.29, 0.717) is 13.2 Å². The van der Waals surface area contributed by atoms with Crippen molar-refractivity contribution in [1.82, 2.24) is 0 Å². The summed E-state index contributed by atoms with van der Waals surface area (Å²) < 4.78 is 10.9. The Labute approximate surface area is 97.9 Å². The van der Waals surface area contributed by atoms with Crippen LogP contribution in [-0.2, 0) is 4.74 Å². The molecule has 16 heavy (non-hydrogen) atoms. The Kier molecular flexibility index (Phi) is 5.65. The van der Waals surface area contributed by atoms with Gasteiger partial charge >= 0.3 is 0 Å². The van der Waals surface area contributed by atoms with Crippen molar-refractivity contribution >= 4 is 5.57 Å². The van der Waals surface area contributed by atoms with Gasteiger partial charge in [-0.05, 0) is 31.0 Å². The second-order valence-corrected chi connectivity index (χ2v) is 3.77. The highest BCUT2D eigenvalue weighted by Crippen LogP contribution is 2.16. The van der Waals surface area contributed by atoms with Crippen molar-refractivity contribution in [3.8, 4) is 5.75 Å². The third-order valence-corrected chi connectivity index (χ3v) is 2.19. The molecule has 1 aromatic carbocycles. The van der Waals surface area contributed by atoms with Gasteiger partial charge in [-0.25, -0.2) is 0 Å². The largest absolute Gasteiger partial charge is 0.491 e. The molecule has 88 valence electrons. The van der Waals surface area contributed by atoms with Crippen LogP contribution in [-0.4, -0.2) is 19.8 Å². The Morgan fingerprint density at radius 2 is 1.81 bits per heavy atom. The summed E-state index contributed by atoms with van der Waals surface area (Å²) in [5.74, 6) is 0.880. The van der Waals surface area contributed by atoms with Gasteiger partial charge < -0.3 is 9.47 Å². The van der Waals surface area contributed by atoms with E-state index in [2.05, 4.69) is 13.5 Å². The molecule has 0 radical (unpaired) electrons. The molecule has 1 rings (SSSR count). The van der Waals surface area contributed by atoms with Crippen molar-refractivity contribution in [2.24, 2.45) is 0 Å². The molecular weight excluding hydrogens is 200 g/mol. The van der Waals surface area contributed by atoms with Crippen molar-refractivity contribution in [3.63, 3.8) is 0 Å². The van der Waals surface area contributed by atoms with Crippen LogP contribution >= 0.6 is 0 Å². The molecule has 0 fully saturated rings. The zero-order valence-electron chi connectivity index (χ0n) is 10.2. The van der Waals surface area contributed by atoms with Crippen LogP contribution in [0.3, 0.4) is 0 Å². The first-order chi connectivity index (χ1) is 7.74. The Bertz CT molecular complexity index is 314. The van der Waals surface area contributed by atoms with Gasteiger partial charge in [0.05, 0.1) is 6.61 Å². The van der Waals surface area contributed by atoms with Gasteiger partial charge in [-0.15, -0.1) is 0 Å². The van der Waals surface area contributed by atoms with E-state index in [4.69, 9.17) is 9.47 Å². The first kappa shape index (κ1) is 12.8. The molecule has 0 N–H and O–H groups in total. The topological polar surface area (TPSA) is 18.5 Å². The van der Waals surface area contributed by atoms with E-state index in [0.717, 1.165) is 29.9 Å². The highest BCUT2D eigenvalue weighted by atomic mass is 16.5. The number of hydrogen-bond donors (Lipinski definition) is 0. The van der Waals surface area contributed by atoms with Crippen LogP contribution in [0.4, 0.5) is 0 Å². The minimum Gasteiger partial charge on any atom is -0.491 e. The molecule has 0 aromatic heterocycles. The Morgan fingerprint density at radius 3 is 2.38 bits per heavy atom. The lowest BCUT2D eigenvalue weighted by Gasteiger charge is -2.07. The van der Waals surface area contributed by atoms with Gasteiger partial charge in [0.1, 0.15) is 12.4 Å². The average Bonchev–Trinajstić information content (AvgIpc) is 2.29. The van der Waals surface area contributed by atoms with Gasteiger partial charge in [0.15, 0.2) is 0 Å². The molecule has 2 nitrogen and oxygen atoms in total. The van der Waals surface area contributed by atoms with Gasteiger partial charge in [-0.2, -0.15) is 0 Å². The average molecular weight is 220 g/mol. The van der Waals surface area contributed by atoms with E-state index in [1.165, 1.54) is 0 Å². The molecule has 0 aliphatic carbocycles. The fourth-order valence-corrected chi connectivity index (χ4v) is 1.30. The minimum atomic E-state index is 0.604. The first-order valence-electron chi connectivity index (χ1n) is 5.70. The van der Waals surface area contributed by atoms with Crippen LogP contribution in [0, 0.1) is 0 Å². The summed E-state index contributed by atoms with van der Waals surface area (Å²) in [6.45, 7) is 10.0. The maximum Gasteiger partial charge on any atom is 0.119 e. The molecule has 2 heteroatoms. The van der Waals surface area contributed by atoms with Gasteiger partial charge in [-0.3, -0.25) is 0 Å². The molecule has 0 aliphatic heterocycles. The lowest BCUT2D eigenvalue weighted by molar-refractivity contribution is 0.101. The highest BCUT2D eigenvalue weighted by molar-refractivity contribution is 5.61. The maximum absolute atomic E-state index is 5.53. The number of ether oxygens (including phenoxy) is 2. The number of benzene rings is 1. The Balaban J connectivity index is 2.29. The standard InChI is InChI=1S/C14H20O2/c1-4-9-15-10-11-16-14-7-5-13(6-8-14)12(2)3/h5-8H,2,4,9-11H2,1,3H3. The zero-order valence-corrected chi connectivity index (χ0v) is 10.2. The number of allylic oxidation sites excluding steroid dienone is 1. The maximum atomic E-state index is 5.53. The molecule has 0 amide bonds. The molecule has 0 aliphatic rings. The van der Waals surface area contributed by atoms with Gasteiger partial charge in [0.2, 0.25) is 0 Å². The summed E-state index contributed by atoms with van der Waals surface area (Å²) in [5.41, 5.74) is 2.22. The SMILES string of the molecule is C=C(C)c1ccc(OCCOCCC)cc1. The lowest BCUT2D eigenvalue weighted by atomic mass is 10.1. The van der Waals surface area contributed by atoms with Crippen molar-refractivity contribution in [2.45, 2.75) is 20.3 Å². The molecule has 0 saturated heterocycles. The lowest BCUT2D eigenvalue weighted by Crippen LogP contribution is -2.06. The fraction of sp³-hybridized carbons (Fsp3) is 0.429. The van der Waals surface area contributed by atoms with Crippen LogP contribution in [0.15, 0.2) is 30.8 Å². The van der Waals surface area contributed by atoms with Crippen molar-refractivity contribution in [2.75, 3.05) is 19.8 Å². The Hall–Kier alpha value is -1.28. The van der Waals surface area contributed by atoms with E-state index < -0.39 is 0 Å². The minimum absolute atomic E-state index is 0.604. The van der Waals surface area contributed by atoms with Crippen LogP contribution < -0.4 is 4.74 Å². The summed E-state index contributed by atoms with van der Waals surface area (Å²) in [7, 11) is 0. The summed E-state index contributed by atoms with van der Waals surface area (Å²) >= 11 is 0. The predicted octanol–water partition coefficient (Wildman–Crippen LogP) is 3.53. The molecule has 0 heterocycles. The molecule has 0 bridgehead atoms. The van der Waals surface area contributed by atoms with Crippen molar-refractivity contribution < 1.29 is 9.47 Å². The second-order valence-electron chi connectivity index (χ2n) is 3.77. The number of hydrogen-bond acceptors (Lipinski definition) is 2. The van der Waals surface area contributed by atoms with Gasteiger partial charge in [0, 0.05) is 6.61 Å². The summed E-state index contributed by atoms with van der Waals surface area (Å²) in [6, 6.07) is 7.96. The van der Waals surface area contributed by atoms with E-state index in [-0.39, 0.29) is 0 Å². The van der Waals surface area contributed by atoms with E-state index in [1.54, 1.807) is 0 Å². The van der Waals surface area contributed by atoms with E-state index in [1.807, 2.05) is 31.2 Å². The van der Waals surface area contributed by atoms with Crippen LogP contribution in [0.2, 0.25) is 0 Å². The van der Waals surface area contributed by atoms with Crippen LogP contribution in [0.1, 0.15) is 25.8 Å². The normalized spacial score (nSPS) is 10.1. The smallest absolute Gasteiger partial charge is 0.119 e. The van der Waals surface area contributed by atoms with E-state index in [9.17, 15) is 0 Å². The summed E-state index contributed by atoms with van der Waals surface area (Å²) in [5, 5.41) is 0. The van der Waals surface area contributed by atoms with Gasteiger partial charge in [0.25, 0.3) is 0 Å². The zero-order chi connectivity index (χ0) is 11.8. The molecule has 1 aromatic rings. The van der Waals surface area contributed by atoms with Crippen molar-refractivity contribution in [3.05, 3.63) is 36.4 Å². The summed E-state index contributed by atoms with van der Waals surface area (Å²) in [4.78, 5) is 0. The predicted molar refractivity (Wildman–Crippen MR) is 67.8 cm³/mol.